The lowest BCUT2D eigenvalue weighted by Gasteiger charge is -2.13. The molecule has 2 aromatic carbocycles. The van der Waals surface area contributed by atoms with Crippen molar-refractivity contribution in [2.75, 3.05) is 5.32 Å². The molecule has 124 valence electrons. The summed E-state index contributed by atoms with van der Waals surface area (Å²) in [5.41, 5.74) is 8.06. The number of aryl methyl sites for hydroxylation is 1. The summed E-state index contributed by atoms with van der Waals surface area (Å²) in [6, 6.07) is 15.0. The minimum Gasteiger partial charge on any atom is -0.423 e. The zero-order valence-electron chi connectivity index (χ0n) is 13.0. The van der Waals surface area contributed by atoms with Crippen molar-refractivity contribution < 1.29 is 9.21 Å². The van der Waals surface area contributed by atoms with E-state index in [-0.39, 0.29) is 18.3 Å². The van der Waals surface area contributed by atoms with Crippen LogP contribution in [0.5, 0.6) is 0 Å². The van der Waals surface area contributed by atoms with Gasteiger partial charge in [0.1, 0.15) is 11.6 Å². The number of hydrogen-bond donors (Lipinski definition) is 2. The van der Waals surface area contributed by atoms with E-state index in [2.05, 4.69) is 5.32 Å². The molecule has 24 heavy (non-hydrogen) atoms. The molecule has 6 heteroatoms. The number of rotatable bonds is 3. The van der Waals surface area contributed by atoms with Crippen LogP contribution in [-0.4, -0.2) is 5.91 Å². The molecular weight excluding hydrogens is 328 g/mol. The molecule has 0 radical (unpaired) electrons. The van der Waals surface area contributed by atoms with E-state index in [1.165, 1.54) is 6.07 Å². The molecular formula is C18H17ClN2O3. The average Bonchev–Trinajstić information content (AvgIpc) is 2.54. The van der Waals surface area contributed by atoms with Gasteiger partial charge in [-0.2, -0.15) is 0 Å². The van der Waals surface area contributed by atoms with Crippen LogP contribution in [0.4, 0.5) is 5.69 Å². The van der Waals surface area contributed by atoms with Gasteiger partial charge >= 0.3 is 5.63 Å². The number of fused-ring (bicyclic) bond motifs is 1. The normalized spacial score (nSPS) is 11.6. The Balaban J connectivity index is 0.00000208. The highest BCUT2D eigenvalue weighted by molar-refractivity contribution is 5.97. The van der Waals surface area contributed by atoms with E-state index < -0.39 is 11.7 Å². The van der Waals surface area contributed by atoms with Crippen molar-refractivity contribution in [1.29, 1.82) is 0 Å². The first kappa shape index (κ1) is 17.7. The van der Waals surface area contributed by atoms with Gasteiger partial charge in [-0.05, 0) is 30.2 Å². The molecule has 3 N–H and O–H groups in total. The monoisotopic (exact) mass is 344 g/mol. The second-order valence-corrected chi connectivity index (χ2v) is 5.34. The maximum Gasteiger partial charge on any atom is 0.336 e. The summed E-state index contributed by atoms with van der Waals surface area (Å²) < 4.78 is 5.17. The summed E-state index contributed by atoms with van der Waals surface area (Å²) >= 11 is 0. The highest BCUT2D eigenvalue weighted by Crippen LogP contribution is 2.21. The lowest BCUT2D eigenvalue weighted by Crippen LogP contribution is -2.27. The van der Waals surface area contributed by atoms with E-state index in [9.17, 15) is 9.59 Å². The lowest BCUT2D eigenvalue weighted by atomic mass is 10.1. The summed E-state index contributed by atoms with van der Waals surface area (Å²) in [5.74, 6) is -0.328. The van der Waals surface area contributed by atoms with Gasteiger partial charge in [-0.1, -0.05) is 30.3 Å². The Morgan fingerprint density at radius 3 is 2.54 bits per heavy atom. The van der Waals surface area contributed by atoms with Crippen molar-refractivity contribution in [3.8, 4) is 0 Å². The smallest absolute Gasteiger partial charge is 0.336 e. The van der Waals surface area contributed by atoms with Gasteiger partial charge < -0.3 is 15.5 Å². The molecule has 0 saturated carbocycles. The fourth-order valence-corrected chi connectivity index (χ4v) is 2.43. The molecule has 3 aromatic rings. The van der Waals surface area contributed by atoms with E-state index in [0.29, 0.717) is 11.3 Å². The summed E-state index contributed by atoms with van der Waals surface area (Å²) in [7, 11) is 0. The standard InChI is InChI=1S/C18H16N2O3.ClH/c1-11-9-16(21)23-15-10-13(7-8-14(11)15)20-18(22)17(19)12-5-3-2-4-6-12;/h2-10,17H,19H2,1H3,(H,20,22);1H/t17-;/m0./s1. The number of hydrogen-bond acceptors (Lipinski definition) is 4. The summed E-state index contributed by atoms with van der Waals surface area (Å²) in [6.45, 7) is 1.84. The van der Waals surface area contributed by atoms with Crippen LogP contribution in [0.15, 0.2) is 63.8 Å². The third kappa shape index (κ3) is 3.64. The number of carbonyl (C=O) groups excluding carboxylic acids is 1. The molecule has 1 amide bonds. The zero-order valence-corrected chi connectivity index (χ0v) is 13.8. The maximum absolute atomic E-state index is 12.3. The first-order valence-electron chi connectivity index (χ1n) is 7.20. The quantitative estimate of drug-likeness (QED) is 0.715. The molecule has 0 fully saturated rings. The van der Waals surface area contributed by atoms with Crippen molar-refractivity contribution in [2.45, 2.75) is 13.0 Å². The largest absolute Gasteiger partial charge is 0.423 e. The molecule has 1 aromatic heterocycles. The molecule has 0 aliphatic carbocycles. The van der Waals surface area contributed by atoms with E-state index in [1.54, 1.807) is 30.3 Å². The highest BCUT2D eigenvalue weighted by atomic mass is 35.5. The van der Waals surface area contributed by atoms with Crippen LogP contribution in [-0.2, 0) is 4.79 Å². The van der Waals surface area contributed by atoms with Crippen molar-refractivity contribution >= 4 is 35.0 Å². The molecule has 0 saturated heterocycles. The molecule has 0 spiro atoms. The second kappa shape index (κ2) is 7.29. The fourth-order valence-electron chi connectivity index (χ4n) is 2.43. The number of anilines is 1. The van der Waals surface area contributed by atoms with Crippen LogP contribution >= 0.6 is 12.4 Å². The molecule has 0 unspecified atom stereocenters. The number of nitrogens with two attached hydrogens (primary N) is 1. The minimum atomic E-state index is -0.767. The third-order valence-corrected chi connectivity index (χ3v) is 3.66. The predicted molar refractivity (Wildman–Crippen MR) is 96.5 cm³/mol. The summed E-state index contributed by atoms with van der Waals surface area (Å²) in [4.78, 5) is 23.7. The Bertz CT molecular complexity index is 922. The van der Waals surface area contributed by atoms with Crippen LogP contribution in [0.3, 0.4) is 0 Å². The van der Waals surface area contributed by atoms with Gasteiger partial charge in [-0.3, -0.25) is 4.79 Å². The number of carbonyl (C=O) groups is 1. The van der Waals surface area contributed by atoms with E-state index >= 15 is 0 Å². The topological polar surface area (TPSA) is 85.3 Å². The van der Waals surface area contributed by atoms with Gasteiger partial charge in [-0.15, -0.1) is 12.4 Å². The van der Waals surface area contributed by atoms with Crippen molar-refractivity contribution in [2.24, 2.45) is 5.73 Å². The maximum atomic E-state index is 12.3. The zero-order chi connectivity index (χ0) is 16.4. The van der Waals surface area contributed by atoms with Crippen molar-refractivity contribution in [1.82, 2.24) is 0 Å². The van der Waals surface area contributed by atoms with Gasteiger partial charge in [0, 0.05) is 23.2 Å². The third-order valence-electron chi connectivity index (χ3n) is 3.66. The Labute approximate surface area is 144 Å². The first-order chi connectivity index (χ1) is 11.0. The van der Waals surface area contributed by atoms with Gasteiger partial charge in [-0.25, -0.2) is 4.79 Å². The highest BCUT2D eigenvalue weighted by Gasteiger charge is 2.16. The number of amides is 1. The van der Waals surface area contributed by atoms with Gasteiger partial charge in [0.25, 0.3) is 0 Å². The predicted octanol–water partition coefficient (Wildman–Crippen LogP) is 3.16. The van der Waals surface area contributed by atoms with Crippen LogP contribution in [0.25, 0.3) is 11.0 Å². The van der Waals surface area contributed by atoms with E-state index in [1.807, 2.05) is 25.1 Å². The van der Waals surface area contributed by atoms with Crippen LogP contribution in [0.1, 0.15) is 17.2 Å². The Morgan fingerprint density at radius 1 is 1.12 bits per heavy atom. The molecule has 0 aliphatic rings. The molecule has 0 aliphatic heterocycles. The lowest BCUT2D eigenvalue weighted by molar-refractivity contribution is -0.117. The van der Waals surface area contributed by atoms with Gasteiger partial charge in [0.2, 0.25) is 5.91 Å². The molecule has 0 bridgehead atoms. The van der Waals surface area contributed by atoms with E-state index in [0.717, 1.165) is 16.5 Å². The second-order valence-electron chi connectivity index (χ2n) is 5.34. The molecule has 3 rings (SSSR count). The molecule has 1 heterocycles. The fraction of sp³-hybridized carbons (Fsp3) is 0.111. The summed E-state index contributed by atoms with van der Waals surface area (Å²) in [5, 5.41) is 3.57. The van der Waals surface area contributed by atoms with Crippen LogP contribution < -0.4 is 16.7 Å². The minimum absolute atomic E-state index is 0. The first-order valence-corrected chi connectivity index (χ1v) is 7.20. The number of nitrogens with one attached hydrogen (secondary N) is 1. The molecule has 5 nitrogen and oxygen atoms in total. The number of halogens is 1. The van der Waals surface area contributed by atoms with E-state index in [4.69, 9.17) is 10.2 Å². The van der Waals surface area contributed by atoms with Gasteiger partial charge in [0.15, 0.2) is 0 Å². The molecule has 1 atom stereocenters. The van der Waals surface area contributed by atoms with Crippen molar-refractivity contribution in [3.63, 3.8) is 0 Å². The Kier molecular flexibility index (Phi) is 5.39. The van der Waals surface area contributed by atoms with Crippen molar-refractivity contribution in [3.05, 3.63) is 76.1 Å². The SMILES string of the molecule is Cc1cc(=O)oc2cc(NC(=O)[C@@H](N)c3ccccc3)ccc12.Cl. The Morgan fingerprint density at radius 2 is 1.83 bits per heavy atom. The van der Waals surface area contributed by atoms with Crippen LogP contribution in [0, 0.1) is 6.92 Å². The summed E-state index contributed by atoms with van der Waals surface area (Å²) in [6.07, 6.45) is 0. The van der Waals surface area contributed by atoms with Gasteiger partial charge in [0.05, 0.1) is 0 Å². The van der Waals surface area contributed by atoms with Crippen LogP contribution in [0.2, 0.25) is 0 Å². The number of benzene rings is 2. The Hall–Kier alpha value is -2.63. The average molecular weight is 345 g/mol.